The minimum Gasteiger partial charge on any atom is -0.493 e. The number of anilines is 1. The fourth-order valence-electron chi connectivity index (χ4n) is 2.87. The number of hydrogen-bond donors (Lipinski definition) is 0. The molecule has 2 rings (SSSR count). The molecule has 0 bridgehead atoms. The third kappa shape index (κ3) is 4.31. The van der Waals surface area contributed by atoms with Gasteiger partial charge in [0.25, 0.3) is 5.91 Å². The zero-order valence-corrected chi connectivity index (χ0v) is 16.8. The van der Waals surface area contributed by atoms with Gasteiger partial charge in [-0.15, -0.1) is 0 Å². The average Bonchev–Trinajstić information content (AvgIpc) is 2.62. The summed E-state index contributed by atoms with van der Waals surface area (Å²) in [5.74, 6) is 0.815. The fourth-order valence-corrected chi connectivity index (χ4v) is 3.14. The highest BCUT2D eigenvalue weighted by Crippen LogP contribution is 2.37. The van der Waals surface area contributed by atoms with Gasteiger partial charge in [-0.05, 0) is 51.0 Å². The van der Waals surface area contributed by atoms with Crippen LogP contribution in [0.4, 0.5) is 5.69 Å². The largest absolute Gasteiger partial charge is 0.493 e. The van der Waals surface area contributed by atoms with Gasteiger partial charge in [0.05, 0.1) is 18.7 Å². The second-order valence-corrected chi connectivity index (χ2v) is 6.58. The minimum atomic E-state index is -0.123. The molecule has 0 unspecified atom stereocenters. The number of ether oxygens (including phenoxy) is 2. The van der Waals surface area contributed by atoms with Gasteiger partial charge in [0.15, 0.2) is 11.5 Å². The van der Waals surface area contributed by atoms with E-state index in [-0.39, 0.29) is 5.91 Å². The number of halogens is 1. The van der Waals surface area contributed by atoms with E-state index >= 15 is 0 Å². The first-order valence-electron chi connectivity index (χ1n) is 8.82. The van der Waals surface area contributed by atoms with Crippen LogP contribution in [0, 0.1) is 13.8 Å². The molecular weight excluding hydrogens is 350 g/mol. The highest BCUT2D eigenvalue weighted by atomic mass is 35.5. The molecule has 0 saturated carbocycles. The number of hydrogen-bond acceptors (Lipinski definition) is 3. The van der Waals surface area contributed by atoms with Crippen molar-refractivity contribution < 1.29 is 14.3 Å². The standard InChI is InChI=1S/C21H26ClNO3/c1-6-10-26-20-17(22)12-16(13-19(20)25-5)21(24)23(7-2)18-9-8-14(3)11-15(18)4/h8-9,11-13H,6-7,10H2,1-5H3. The molecule has 140 valence electrons. The number of methoxy groups -OCH3 is 1. The summed E-state index contributed by atoms with van der Waals surface area (Å²) in [6.45, 7) is 9.10. The smallest absolute Gasteiger partial charge is 0.258 e. The summed E-state index contributed by atoms with van der Waals surface area (Å²) in [4.78, 5) is 14.9. The Labute approximate surface area is 160 Å². The molecule has 26 heavy (non-hydrogen) atoms. The molecule has 0 aromatic heterocycles. The maximum Gasteiger partial charge on any atom is 0.258 e. The lowest BCUT2D eigenvalue weighted by Crippen LogP contribution is -2.31. The second-order valence-electron chi connectivity index (χ2n) is 6.18. The molecule has 0 aliphatic carbocycles. The molecule has 0 spiro atoms. The number of rotatable bonds is 7. The van der Waals surface area contributed by atoms with E-state index < -0.39 is 0 Å². The van der Waals surface area contributed by atoms with Gasteiger partial charge in [-0.1, -0.05) is 36.2 Å². The van der Waals surface area contributed by atoms with E-state index in [1.165, 1.54) is 0 Å². The molecule has 0 N–H and O–H groups in total. The van der Waals surface area contributed by atoms with Crippen molar-refractivity contribution in [3.63, 3.8) is 0 Å². The van der Waals surface area contributed by atoms with E-state index in [0.29, 0.717) is 35.2 Å². The molecule has 2 aromatic carbocycles. The summed E-state index contributed by atoms with van der Waals surface area (Å²) in [5.41, 5.74) is 3.58. The predicted molar refractivity (Wildman–Crippen MR) is 107 cm³/mol. The summed E-state index contributed by atoms with van der Waals surface area (Å²) >= 11 is 6.36. The van der Waals surface area contributed by atoms with E-state index in [1.54, 1.807) is 24.1 Å². The Kier molecular flexibility index (Phi) is 6.92. The van der Waals surface area contributed by atoms with Gasteiger partial charge in [0.2, 0.25) is 0 Å². The first-order valence-corrected chi connectivity index (χ1v) is 9.20. The third-order valence-corrected chi connectivity index (χ3v) is 4.41. The van der Waals surface area contributed by atoms with Crippen LogP contribution >= 0.6 is 11.6 Å². The molecule has 5 heteroatoms. The maximum absolute atomic E-state index is 13.1. The first kappa shape index (κ1) is 20.1. The molecule has 2 aromatic rings. The SMILES string of the molecule is CCCOc1c(Cl)cc(C(=O)N(CC)c2ccc(C)cc2C)cc1OC. The Hall–Kier alpha value is -2.20. The molecule has 4 nitrogen and oxygen atoms in total. The van der Waals surface area contributed by atoms with Gasteiger partial charge < -0.3 is 14.4 Å². The number of benzene rings is 2. The zero-order valence-electron chi connectivity index (χ0n) is 16.1. The van der Waals surface area contributed by atoms with Gasteiger partial charge >= 0.3 is 0 Å². The van der Waals surface area contributed by atoms with Crippen molar-refractivity contribution in [2.45, 2.75) is 34.1 Å². The van der Waals surface area contributed by atoms with Gasteiger partial charge in [-0.3, -0.25) is 4.79 Å². The van der Waals surface area contributed by atoms with E-state index in [0.717, 1.165) is 23.2 Å². The summed E-state index contributed by atoms with van der Waals surface area (Å²) in [7, 11) is 1.54. The van der Waals surface area contributed by atoms with Crippen LogP contribution < -0.4 is 14.4 Å². The van der Waals surface area contributed by atoms with E-state index in [1.807, 2.05) is 39.8 Å². The molecular formula is C21H26ClNO3. The molecule has 0 atom stereocenters. The van der Waals surface area contributed by atoms with Crippen LogP contribution in [0.15, 0.2) is 30.3 Å². The topological polar surface area (TPSA) is 38.8 Å². The number of carbonyl (C=O) groups is 1. The Morgan fingerprint density at radius 2 is 1.88 bits per heavy atom. The van der Waals surface area contributed by atoms with Crippen molar-refractivity contribution in [1.82, 2.24) is 0 Å². The quantitative estimate of drug-likeness (QED) is 0.648. The number of nitrogens with zero attached hydrogens (tertiary/aromatic N) is 1. The molecule has 0 fully saturated rings. The Morgan fingerprint density at radius 3 is 2.46 bits per heavy atom. The van der Waals surface area contributed by atoms with E-state index in [4.69, 9.17) is 21.1 Å². The lowest BCUT2D eigenvalue weighted by atomic mass is 10.1. The predicted octanol–water partition coefficient (Wildman–Crippen LogP) is 5.42. The van der Waals surface area contributed by atoms with Gasteiger partial charge in [-0.2, -0.15) is 0 Å². The van der Waals surface area contributed by atoms with Crippen LogP contribution in [0.5, 0.6) is 11.5 Å². The highest BCUT2D eigenvalue weighted by molar-refractivity contribution is 6.32. The molecule has 0 aliphatic heterocycles. The molecule has 0 aliphatic rings. The van der Waals surface area contributed by atoms with Crippen molar-refractivity contribution >= 4 is 23.2 Å². The monoisotopic (exact) mass is 375 g/mol. The Balaban J connectivity index is 2.42. The average molecular weight is 376 g/mol. The Morgan fingerprint density at radius 1 is 1.15 bits per heavy atom. The van der Waals surface area contributed by atoms with Crippen LogP contribution in [0.3, 0.4) is 0 Å². The van der Waals surface area contributed by atoms with Crippen molar-refractivity contribution in [3.8, 4) is 11.5 Å². The van der Waals surface area contributed by atoms with Gasteiger partial charge in [0, 0.05) is 17.8 Å². The molecule has 0 saturated heterocycles. The first-order chi connectivity index (χ1) is 12.4. The van der Waals surface area contributed by atoms with Crippen LogP contribution in [-0.2, 0) is 0 Å². The number of aryl methyl sites for hydroxylation is 2. The van der Waals surface area contributed by atoms with Crippen molar-refractivity contribution in [2.75, 3.05) is 25.2 Å². The highest BCUT2D eigenvalue weighted by Gasteiger charge is 2.21. The van der Waals surface area contributed by atoms with Crippen molar-refractivity contribution in [3.05, 3.63) is 52.0 Å². The van der Waals surface area contributed by atoms with Crippen LogP contribution in [0.1, 0.15) is 41.8 Å². The number of carbonyl (C=O) groups excluding carboxylic acids is 1. The van der Waals surface area contributed by atoms with Crippen molar-refractivity contribution in [1.29, 1.82) is 0 Å². The lowest BCUT2D eigenvalue weighted by molar-refractivity contribution is 0.0987. The van der Waals surface area contributed by atoms with Crippen LogP contribution in [0.2, 0.25) is 5.02 Å². The van der Waals surface area contributed by atoms with Crippen LogP contribution in [-0.4, -0.2) is 26.2 Å². The van der Waals surface area contributed by atoms with Crippen molar-refractivity contribution in [2.24, 2.45) is 0 Å². The number of amides is 1. The Bertz CT molecular complexity index is 789. The summed E-state index contributed by atoms with van der Waals surface area (Å²) in [6.07, 6.45) is 0.858. The van der Waals surface area contributed by atoms with E-state index in [9.17, 15) is 4.79 Å². The fraction of sp³-hybridized carbons (Fsp3) is 0.381. The molecule has 0 radical (unpaired) electrons. The molecule has 1 amide bonds. The van der Waals surface area contributed by atoms with Gasteiger partial charge in [0.1, 0.15) is 0 Å². The van der Waals surface area contributed by atoms with Gasteiger partial charge in [-0.25, -0.2) is 0 Å². The normalized spacial score (nSPS) is 10.5. The maximum atomic E-state index is 13.1. The zero-order chi connectivity index (χ0) is 19.3. The minimum absolute atomic E-state index is 0.123. The third-order valence-electron chi connectivity index (χ3n) is 4.13. The second kappa shape index (κ2) is 8.95. The van der Waals surface area contributed by atoms with Crippen LogP contribution in [0.25, 0.3) is 0 Å². The summed E-state index contributed by atoms with van der Waals surface area (Å²) in [5, 5.41) is 0.373. The summed E-state index contributed by atoms with van der Waals surface area (Å²) < 4.78 is 11.1. The van der Waals surface area contributed by atoms with E-state index in [2.05, 4.69) is 6.07 Å². The molecule has 0 heterocycles. The lowest BCUT2D eigenvalue weighted by Gasteiger charge is -2.24. The summed E-state index contributed by atoms with van der Waals surface area (Å²) in [6, 6.07) is 9.38.